The quantitative estimate of drug-likeness (QED) is 0.612. The van der Waals surface area contributed by atoms with Crippen LogP contribution >= 0.6 is 11.6 Å². The van der Waals surface area contributed by atoms with E-state index in [1.54, 1.807) is 0 Å². The highest BCUT2D eigenvalue weighted by Crippen LogP contribution is 2.27. The van der Waals surface area contributed by atoms with Gasteiger partial charge in [-0.2, -0.15) is 5.10 Å². The van der Waals surface area contributed by atoms with E-state index in [4.69, 9.17) is 16.6 Å². The highest BCUT2D eigenvalue weighted by Gasteiger charge is 2.17. The molecule has 1 aliphatic rings. The van der Waals surface area contributed by atoms with Crippen LogP contribution in [0.15, 0.2) is 6.07 Å². The molecule has 0 radical (unpaired) electrons. The highest BCUT2D eigenvalue weighted by atomic mass is 35.5. The van der Waals surface area contributed by atoms with Gasteiger partial charge in [-0.1, -0.05) is 31.4 Å². The van der Waals surface area contributed by atoms with Crippen LogP contribution in [0.2, 0.25) is 5.15 Å². The highest BCUT2D eigenvalue weighted by molar-refractivity contribution is 6.30. The maximum atomic E-state index is 6.51. The summed E-state index contributed by atoms with van der Waals surface area (Å²) < 4.78 is 1.82. The Labute approximate surface area is 112 Å². The third-order valence-corrected chi connectivity index (χ3v) is 4.01. The van der Waals surface area contributed by atoms with E-state index in [-0.39, 0.29) is 0 Å². The van der Waals surface area contributed by atoms with E-state index in [9.17, 15) is 0 Å². The molecular weight excluding hydrogens is 246 g/mol. The van der Waals surface area contributed by atoms with Crippen LogP contribution in [0.3, 0.4) is 0 Å². The van der Waals surface area contributed by atoms with Gasteiger partial charge in [0.05, 0.1) is 5.69 Å². The normalized spacial score (nSPS) is 15.7. The molecule has 0 amide bonds. The van der Waals surface area contributed by atoms with Gasteiger partial charge in [-0.05, 0) is 32.1 Å². The summed E-state index contributed by atoms with van der Waals surface area (Å²) in [5, 5.41) is 5.34. The van der Waals surface area contributed by atoms with Crippen molar-refractivity contribution in [3.8, 4) is 0 Å². The first-order valence-corrected chi connectivity index (χ1v) is 7.23. The predicted octanol–water partition coefficient (Wildman–Crippen LogP) is 3.60. The van der Waals surface area contributed by atoms with E-state index in [1.807, 2.05) is 4.52 Å². The fourth-order valence-electron chi connectivity index (χ4n) is 2.70. The third-order valence-electron chi connectivity index (χ3n) is 3.62. The van der Waals surface area contributed by atoms with Crippen molar-refractivity contribution in [3.63, 3.8) is 0 Å². The van der Waals surface area contributed by atoms with E-state index < -0.39 is 0 Å². The number of aryl methyl sites for hydroxylation is 2. The van der Waals surface area contributed by atoms with Gasteiger partial charge in [-0.15, -0.1) is 0 Å². The minimum absolute atomic E-state index is 0.777. The number of fused-ring (bicyclic) bond motifs is 2. The number of hydrogen-bond donors (Lipinski definition) is 0. The maximum absolute atomic E-state index is 6.51. The van der Waals surface area contributed by atoms with Crippen molar-refractivity contribution < 1.29 is 0 Å². The number of nitrogens with zero attached hydrogens (tertiary/aromatic N) is 3. The molecule has 0 fully saturated rings. The number of halogens is 1. The molecule has 0 saturated heterocycles. The Bertz CT molecular complexity index is 574. The van der Waals surface area contributed by atoms with E-state index in [1.165, 1.54) is 30.5 Å². The van der Waals surface area contributed by atoms with Crippen LogP contribution in [-0.2, 0) is 19.3 Å². The molecule has 18 heavy (non-hydrogen) atoms. The van der Waals surface area contributed by atoms with Crippen LogP contribution in [0.1, 0.15) is 49.6 Å². The van der Waals surface area contributed by atoms with Gasteiger partial charge in [0.25, 0.3) is 0 Å². The zero-order chi connectivity index (χ0) is 12.5. The lowest BCUT2D eigenvalue weighted by molar-refractivity contribution is 0.709. The van der Waals surface area contributed by atoms with Gasteiger partial charge >= 0.3 is 0 Å². The summed E-state index contributed by atoms with van der Waals surface area (Å²) in [5.74, 6) is 0. The largest absolute Gasteiger partial charge is 0.233 e. The lowest BCUT2D eigenvalue weighted by atomic mass is 10.1. The lowest BCUT2D eigenvalue weighted by Gasteiger charge is -2.08. The van der Waals surface area contributed by atoms with Crippen LogP contribution < -0.4 is 0 Å². The van der Waals surface area contributed by atoms with Crippen LogP contribution in [0.4, 0.5) is 0 Å². The van der Waals surface area contributed by atoms with Crippen LogP contribution in [0.25, 0.3) is 5.65 Å². The molecule has 0 aliphatic heterocycles. The van der Waals surface area contributed by atoms with Crippen molar-refractivity contribution in [2.45, 2.75) is 51.9 Å². The second-order valence-electron chi connectivity index (χ2n) is 5.04. The molecule has 0 N–H and O–H groups in total. The topological polar surface area (TPSA) is 30.2 Å². The zero-order valence-corrected chi connectivity index (χ0v) is 11.5. The molecule has 3 rings (SSSR count). The summed E-state index contributed by atoms with van der Waals surface area (Å²) in [4.78, 5) is 4.76. The Morgan fingerprint density at radius 3 is 2.94 bits per heavy atom. The van der Waals surface area contributed by atoms with E-state index in [2.05, 4.69) is 18.1 Å². The fraction of sp³-hybridized carbons (Fsp3) is 0.571. The summed E-state index contributed by atoms with van der Waals surface area (Å²) in [6.07, 6.45) is 7.90. The first kappa shape index (κ1) is 12.0. The molecule has 2 aromatic heterocycles. The summed E-state index contributed by atoms with van der Waals surface area (Å²) in [7, 11) is 0. The summed E-state index contributed by atoms with van der Waals surface area (Å²) in [6.45, 7) is 2.16. The Hall–Kier alpha value is -1.09. The second kappa shape index (κ2) is 4.88. The predicted molar refractivity (Wildman–Crippen MR) is 73.3 cm³/mol. The zero-order valence-electron chi connectivity index (χ0n) is 10.7. The SMILES string of the molecule is CCCc1cc2nc3c(c(Cl)n2n1)CCCCC3. The average molecular weight is 264 g/mol. The Morgan fingerprint density at radius 1 is 1.28 bits per heavy atom. The van der Waals surface area contributed by atoms with Gasteiger partial charge in [0.15, 0.2) is 5.65 Å². The molecule has 0 aromatic carbocycles. The molecule has 0 saturated carbocycles. The molecule has 3 nitrogen and oxygen atoms in total. The lowest BCUT2D eigenvalue weighted by Crippen LogP contribution is -2.03. The molecule has 2 heterocycles. The smallest absolute Gasteiger partial charge is 0.157 e. The Morgan fingerprint density at radius 2 is 2.11 bits per heavy atom. The molecule has 4 heteroatoms. The second-order valence-corrected chi connectivity index (χ2v) is 5.40. The molecule has 96 valence electrons. The van der Waals surface area contributed by atoms with Crippen molar-refractivity contribution >= 4 is 17.2 Å². The molecule has 0 bridgehead atoms. The standard InChI is InChI=1S/C14H18ClN3/c1-2-6-10-9-13-16-12-8-5-3-4-7-11(12)14(15)18(13)17-10/h9H,2-8H2,1H3. The van der Waals surface area contributed by atoms with Crippen molar-refractivity contribution in [3.05, 3.63) is 28.2 Å². The first-order valence-electron chi connectivity index (χ1n) is 6.85. The molecule has 0 spiro atoms. The number of rotatable bonds is 2. The Kier molecular flexibility index (Phi) is 3.25. The molecule has 1 aliphatic carbocycles. The van der Waals surface area contributed by atoms with Gasteiger partial charge in [0, 0.05) is 17.3 Å². The van der Waals surface area contributed by atoms with Gasteiger partial charge in [0.1, 0.15) is 5.15 Å². The number of hydrogen-bond acceptors (Lipinski definition) is 2. The minimum atomic E-state index is 0.777. The van der Waals surface area contributed by atoms with Gasteiger partial charge in [0.2, 0.25) is 0 Å². The average Bonchev–Trinajstić information content (AvgIpc) is 2.60. The van der Waals surface area contributed by atoms with Crippen molar-refractivity contribution in [2.75, 3.05) is 0 Å². The third kappa shape index (κ3) is 2.01. The molecule has 0 atom stereocenters. The van der Waals surface area contributed by atoms with Gasteiger partial charge in [-0.25, -0.2) is 9.50 Å². The van der Waals surface area contributed by atoms with Gasteiger partial charge in [-0.3, -0.25) is 0 Å². The maximum Gasteiger partial charge on any atom is 0.157 e. The summed E-state index contributed by atoms with van der Waals surface area (Å²) in [5.41, 5.74) is 4.40. The van der Waals surface area contributed by atoms with Crippen LogP contribution in [-0.4, -0.2) is 14.6 Å². The molecule has 2 aromatic rings. The number of aromatic nitrogens is 3. The van der Waals surface area contributed by atoms with Crippen molar-refractivity contribution in [1.29, 1.82) is 0 Å². The fourth-order valence-corrected chi connectivity index (χ4v) is 3.03. The monoisotopic (exact) mass is 263 g/mol. The van der Waals surface area contributed by atoms with Crippen molar-refractivity contribution in [2.24, 2.45) is 0 Å². The van der Waals surface area contributed by atoms with Crippen LogP contribution in [0.5, 0.6) is 0 Å². The molecule has 0 unspecified atom stereocenters. The molecular formula is C14H18ClN3. The first-order chi connectivity index (χ1) is 8.79. The minimum Gasteiger partial charge on any atom is -0.233 e. The van der Waals surface area contributed by atoms with E-state index in [0.29, 0.717) is 0 Å². The summed E-state index contributed by atoms with van der Waals surface area (Å²) >= 11 is 6.51. The van der Waals surface area contributed by atoms with E-state index >= 15 is 0 Å². The van der Waals surface area contributed by atoms with Crippen LogP contribution in [0, 0.1) is 0 Å². The Balaban J connectivity index is 2.15. The van der Waals surface area contributed by atoms with Gasteiger partial charge < -0.3 is 0 Å². The van der Waals surface area contributed by atoms with Crippen molar-refractivity contribution in [1.82, 2.24) is 14.6 Å². The van der Waals surface area contributed by atoms with E-state index in [0.717, 1.165) is 42.2 Å². The summed E-state index contributed by atoms with van der Waals surface area (Å²) in [6, 6.07) is 2.07.